The lowest BCUT2D eigenvalue weighted by Gasteiger charge is -2.11. The molecule has 0 saturated heterocycles. The number of halogens is 1. The minimum absolute atomic E-state index is 0.119. The molecule has 2 aromatic rings. The topological polar surface area (TPSA) is 47.6 Å². The highest BCUT2D eigenvalue weighted by atomic mass is 19.1. The van der Waals surface area contributed by atoms with Crippen LogP contribution in [0.15, 0.2) is 42.5 Å². The van der Waals surface area contributed by atoms with Crippen molar-refractivity contribution in [1.29, 1.82) is 0 Å². The number of amides is 1. The molecule has 0 bridgehead atoms. The average Bonchev–Trinajstić information content (AvgIpc) is 2.60. The Morgan fingerprint density at radius 2 is 1.96 bits per heavy atom. The van der Waals surface area contributed by atoms with Gasteiger partial charge in [0, 0.05) is 13.0 Å². The number of nitrogens with one attached hydrogen (secondary N) is 1. The molecular formula is C19H22FNO3. The number of hydrogen-bond acceptors (Lipinski definition) is 3. The third-order valence-electron chi connectivity index (χ3n) is 3.60. The molecular weight excluding hydrogens is 309 g/mol. The molecule has 0 aliphatic rings. The minimum atomic E-state index is -0.276. The summed E-state index contributed by atoms with van der Waals surface area (Å²) in [6, 6.07) is 12.0. The maximum atomic E-state index is 13.5. The van der Waals surface area contributed by atoms with Crippen molar-refractivity contribution in [2.75, 3.05) is 13.7 Å². The van der Waals surface area contributed by atoms with Gasteiger partial charge in [0.05, 0.1) is 13.7 Å². The van der Waals surface area contributed by atoms with Crippen LogP contribution in [0.4, 0.5) is 4.39 Å². The smallest absolute Gasteiger partial charge is 0.220 e. The van der Waals surface area contributed by atoms with Crippen LogP contribution in [0.25, 0.3) is 0 Å². The van der Waals surface area contributed by atoms with Gasteiger partial charge in [0.25, 0.3) is 0 Å². The molecule has 4 nitrogen and oxygen atoms in total. The molecule has 0 saturated carbocycles. The Bertz CT molecular complexity index is 688. The summed E-state index contributed by atoms with van der Waals surface area (Å²) < 4.78 is 24.3. The minimum Gasteiger partial charge on any atom is -0.493 e. The van der Waals surface area contributed by atoms with Crippen LogP contribution in [0.5, 0.6) is 11.5 Å². The van der Waals surface area contributed by atoms with Crippen LogP contribution < -0.4 is 14.8 Å². The SMILES string of the molecule is CCOc1ccc(CNC(=O)CCc2ccccc2F)cc1OC. The molecule has 0 aliphatic carbocycles. The number of rotatable bonds is 8. The monoisotopic (exact) mass is 331 g/mol. The summed E-state index contributed by atoms with van der Waals surface area (Å²) in [7, 11) is 1.58. The Morgan fingerprint density at radius 1 is 1.17 bits per heavy atom. The molecule has 128 valence electrons. The number of carbonyl (C=O) groups excluding carboxylic acids is 1. The molecule has 0 spiro atoms. The van der Waals surface area contributed by atoms with Crippen molar-refractivity contribution in [1.82, 2.24) is 5.32 Å². The van der Waals surface area contributed by atoms with Gasteiger partial charge in [-0.3, -0.25) is 4.79 Å². The quantitative estimate of drug-likeness (QED) is 0.805. The second kappa shape index (κ2) is 8.91. The van der Waals surface area contributed by atoms with Crippen molar-refractivity contribution in [3.63, 3.8) is 0 Å². The number of benzene rings is 2. The van der Waals surface area contributed by atoms with E-state index in [9.17, 15) is 9.18 Å². The second-order valence-electron chi connectivity index (χ2n) is 5.29. The predicted molar refractivity (Wildman–Crippen MR) is 90.7 cm³/mol. The van der Waals surface area contributed by atoms with E-state index in [-0.39, 0.29) is 18.1 Å². The zero-order chi connectivity index (χ0) is 17.4. The molecule has 0 radical (unpaired) electrons. The summed E-state index contributed by atoms with van der Waals surface area (Å²) in [5.74, 6) is 0.914. The molecule has 2 rings (SSSR count). The van der Waals surface area contributed by atoms with Crippen LogP contribution in [0.1, 0.15) is 24.5 Å². The molecule has 0 unspecified atom stereocenters. The Morgan fingerprint density at radius 3 is 2.67 bits per heavy atom. The highest BCUT2D eigenvalue weighted by molar-refractivity contribution is 5.76. The van der Waals surface area contributed by atoms with Gasteiger partial charge in [-0.2, -0.15) is 0 Å². The van der Waals surface area contributed by atoms with E-state index in [0.29, 0.717) is 36.6 Å². The zero-order valence-electron chi connectivity index (χ0n) is 14.0. The fourth-order valence-electron chi connectivity index (χ4n) is 2.34. The Hall–Kier alpha value is -2.56. The highest BCUT2D eigenvalue weighted by Gasteiger charge is 2.08. The van der Waals surface area contributed by atoms with Gasteiger partial charge < -0.3 is 14.8 Å². The first-order valence-electron chi connectivity index (χ1n) is 7.93. The first kappa shape index (κ1) is 17.8. The van der Waals surface area contributed by atoms with Gasteiger partial charge in [-0.25, -0.2) is 4.39 Å². The number of hydrogen-bond donors (Lipinski definition) is 1. The third kappa shape index (κ3) is 4.98. The molecule has 5 heteroatoms. The molecule has 2 aromatic carbocycles. The summed E-state index contributed by atoms with van der Waals surface area (Å²) >= 11 is 0. The molecule has 0 heterocycles. The van der Waals surface area contributed by atoms with Gasteiger partial charge >= 0.3 is 0 Å². The molecule has 0 atom stereocenters. The number of aryl methyl sites for hydroxylation is 1. The third-order valence-corrected chi connectivity index (χ3v) is 3.60. The summed E-state index contributed by atoms with van der Waals surface area (Å²) in [6.07, 6.45) is 0.625. The van der Waals surface area contributed by atoms with Crippen LogP contribution in [0.2, 0.25) is 0 Å². The van der Waals surface area contributed by atoms with Crippen LogP contribution in [0, 0.1) is 5.82 Å². The fraction of sp³-hybridized carbons (Fsp3) is 0.316. The van der Waals surface area contributed by atoms with E-state index < -0.39 is 0 Å². The maximum absolute atomic E-state index is 13.5. The number of carbonyl (C=O) groups is 1. The molecule has 0 fully saturated rings. The number of methoxy groups -OCH3 is 1. The summed E-state index contributed by atoms with van der Waals surface area (Å²) in [5.41, 5.74) is 1.46. The van der Waals surface area contributed by atoms with Gasteiger partial charge in [-0.05, 0) is 42.7 Å². The normalized spacial score (nSPS) is 10.3. The van der Waals surface area contributed by atoms with Gasteiger partial charge in [0.15, 0.2) is 11.5 Å². The lowest BCUT2D eigenvalue weighted by molar-refractivity contribution is -0.121. The number of ether oxygens (including phenoxy) is 2. The molecule has 0 aromatic heterocycles. The van der Waals surface area contributed by atoms with E-state index in [1.807, 2.05) is 25.1 Å². The summed E-state index contributed by atoms with van der Waals surface area (Å²) in [5, 5.41) is 2.83. The summed E-state index contributed by atoms with van der Waals surface area (Å²) in [6.45, 7) is 2.85. The predicted octanol–water partition coefficient (Wildman–Crippen LogP) is 3.48. The zero-order valence-corrected chi connectivity index (χ0v) is 14.0. The van der Waals surface area contributed by atoms with Gasteiger partial charge in [-0.1, -0.05) is 24.3 Å². The van der Waals surface area contributed by atoms with E-state index in [4.69, 9.17) is 9.47 Å². The lowest BCUT2D eigenvalue weighted by atomic mass is 10.1. The Kier molecular flexibility index (Phi) is 6.61. The van der Waals surface area contributed by atoms with Crippen LogP contribution in [0.3, 0.4) is 0 Å². The highest BCUT2D eigenvalue weighted by Crippen LogP contribution is 2.27. The molecule has 0 aliphatic heterocycles. The van der Waals surface area contributed by atoms with Crippen LogP contribution in [-0.2, 0) is 17.8 Å². The van der Waals surface area contributed by atoms with Crippen molar-refractivity contribution in [3.8, 4) is 11.5 Å². The largest absolute Gasteiger partial charge is 0.493 e. The lowest BCUT2D eigenvalue weighted by Crippen LogP contribution is -2.23. The van der Waals surface area contributed by atoms with Crippen LogP contribution >= 0.6 is 0 Å². The van der Waals surface area contributed by atoms with Crippen molar-refractivity contribution in [2.45, 2.75) is 26.3 Å². The first-order valence-corrected chi connectivity index (χ1v) is 7.93. The van der Waals surface area contributed by atoms with Gasteiger partial charge in [0.2, 0.25) is 5.91 Å². The van der Waals surface area contributed by atoms with E-state index in [2.05, 4.69) is 5.32 Å². The Labute approximate surface area is 141 Å². The fourth-order valence-corrected chi connectivity index (χ4v) is 2.34. The molecule has 1 N–H and O–H groups in total. The maximum Gasteiger partial charge on any atom is 0.220 e. The van der Waals surface area contributed by atoms with E-state index in [0.717, 1.165) is 5.56 Å². The summed E-state index contributed by atoms with van der Waals surface area (Å²) in [4.78, 5) is 11.9. The second-order valence-corrected chi connectivity index (χ2v) is 5.29. The van der Waals surface area contributed by atoms with Crippen molar-refractivity contribution >= 4 is 5.91 Å². The van der Waals surface area contributed by atoms with E-state index in [1.165, 1.54) is 6.07 Å². The Balaban J connectivity index is 1.86. The first-order chi connectivity index (χ1) is 11.6. The van der Waals surface area contributed by atoms with Gasteiger partial charge in [-0.15, -0.1) is 0 Å². The standard InChI is InChI=1S/C19H22FNO3/c1-3-24-17-10-8-14(12-18(17)23-2)13-21-19(22)11-9-15-6-4-5-7-16(15)20/h4-8,10,12H,3,9,11,13H2,1-2H3,(H,21,22). The molecule has 24 heavy (non-hydrogen) atoms. The van der Waals surface area contributed by atoms with Gasteiger partial charge in [0.1, 0.15) is 5.82 Å². The van der Waals surface area contributed by atoms with Crippen molar-refractivity contribution < 1.29 is 18.7 Å². The average molecular weight is 331 g/mol. The molecule has 1 amide bonds. The van der Waals surface area contributed by atoms with Crippen molar-refractivity contribution in [3.05, 3.63) is 59.4 Å². The van der Waals surface area contributed by atoms with Crippen LogP contribution in [-0.4, -0.2) is 19.6 Å². The van der Waals surface area contributed by atoms with E-state index >= 15 is 0 Å². The van der Waals surface area contributed by atoms with E-state index in [1.54, 1.807) is 25.3 Å². The van der Waals surface area contributed by atoms with Crippen molar-refractivity contribution in [2.24, 2.45) is 0 Å².